The van der Waals surface area contributed by atoms with Crippen LogP contribution in [0.1, 0.15) is 45.7 Å². The number of rotatable bonds is 3. The van der Waals surface area contributed by atoms with Gasteiger partial charge in [-0.15, -0.1) is 22.7 Å². The van der Waals surface area contributed by atoms with E-state index in [0.717, 1.165) is 29.7 Å². The molecule has 7 heteroatoms. The molecule has 0 aliphatic heterocycles. The van der Waals surface area contributed by atoms with Gasteiger partial charge >= 0.3 is 0 Å². The zero-order chi connectivity index (χ0) is 16.7. The molecule has 1 aliphatic carbocycles. The minimum atomic E-state index is -0.271. The van der Waals surface area contributed by atoms with Gasteiger partial charge in [-0.05, 0) is 42.7 Å². The lowest BCUT2D eigenvalue weighted by atomic mass is 9.97. The van der Waals surface area contributed by atoms with E-state index in [0.29, 0.717) is 22.5 Å². The summed E-state index contributed by atoms with van der Waals surface area (Å²) in [6.45, 7) is 1.94. The zero-order valence-electron chi connectivity index (χ0n) is 13.3. The third-order valence-electron chi connectivity index (χ3n) is 4.33. The van der Waals surface area contributed by atoms with Crippen molar-refractivity contribution < 1.29 is 4.79 Å². The Morgan fingerprint density at radius 2 is 2.21 bits per heavy atom. The molecular weight excluding hydrogens is 342 g/mol. The van der Waals surface area contributed by atoms with E-state index in [1.54, 1.807) is 17.4 Å². The fourth-order valence-electron chi connectivity index (χ4n) is 3.16. The highest BCUT2D eigenvalue weighted by Gasteiger charge is 2.22. The summed E-state index contributed by atoms with van der Waals surface area (Å²) >= 11 is 2.99. The number of nitrogens with one attached hydrogen (secondary N) is 1. The highest BCUT2D eigenvalue weighted by Crippen LogP contribution is 2.33. The average molecular weight is 359 g/mol. The molecule has 3 heterocycles. The first-order chi connectivity index (χ1) is 11.7. The number of carbonyl (C=O) groups is 1. The number of hydrogen-bond acceptors (Lipinski definition) is 5. The molecule has 3 aromatic rings. The Hall–Kier alpha value is -1.99. The Morgan fingerprint density at radius 1 is 1.38 bits per heavy atom. The Morgan fingerprint density at radius 3 is 2.96 bits per heavy atom. The largest absolute Gasteiger partial charge is 0.281 e. The third kappa shape index (κ3) is 2.48. The lowest BCUT2D eigenvalue weighted by molar-refractivity contribution is 0.101. The smallest absolute Gasteiger partial charge is 0.267 e. The van der Waals surface area contributed by atoms with Gasteiger partial charge in [0, 0.05) is 11.3 Å². The quantitative estimate of drug-likeness (QED) is 0.780. The number of amides is 1. The van der Waals surface area contributed by atoms with Crippen LogP contribution in [0.5, 0.6) is 0 Å². The van der Waals surface area contributed by atoms with Crippen LogP contribution >= 0.6 is 22.7 Å². The van der Waals surface area contributed by atoms with E-state index in [1.165, 1.54) is 27.3 Å². The van der Waals surface area contributed by atoms with E-state index < -0.39 is 0 Å². The van der Waals surface area contributed by atoms with Gasteiger partial charge in [-0.3, -0.25) is 15.0 Å². The first kappa shape index (κ1) is 15.5. The van der Waals surface area contributed by atoms with E-state index >= 15 is 0 Å². The monoisotopic (exact) mass is 359 g/mol. The number of fused-ring (bicyclic) bond motifs is 3. The third-order valence-corrected chi connectivity index (χ3v) is 6.39. The lowest BCUT2D eigenvalue weighted by Gasteiger charge is -2.13. The van der Waals surface area contributed by atoms with Crippen LogP contribution in [0.4, 0.5) is 0 Å². The maximum atomic E-state index is 13.1. The van der Waals surface area contributed by atoms with Crippen molar-refractivity contribution in [3.63, 3.8) is 0 Å². The summed E-state index contributed by atoms with van der Waals surface area (Å²) < 4.78 is 1.34. The van der Waals surface area contributed by atoms with E-state index in [-0.39, 0.29) is 11.5 Å². The van der Waals surface area contributed by atoms with Gasteiger partial charge in [0.25, 0.3) is 11.5 Å². The van der Waals surface area contributed by atoms with Gasteiger partial charge in [0.2, 0.25) is 0 Å². The minimum Gasteiger partial charge on any atom is -0.267 e. The predicted molar refractivity (Wildman–Crippen MR) is 97.9 cm³/mol. The van der Waals surface area contributed by atoms with Crippen molar-refractivity contribution in [3.05, 3.63) is 49.0 Å². The van der Waals surface area contributed by atoms with Crippen LogP contribution in [-0.4, -0.2) is 15.6 Å². The average Bonchev–Trinajstić information content (AvgIpc) is 3.24. The molecule has 4 rings (SSSR count). The molecule has 0 saturated heterocycles. The SMILES string of the molecule is CCc1nc2sc3c(c2c(=O)n1NC(=O)c1cccs1)CCCC3. The summed E-state index contributed by atoms with van der Waals surface area (Å²) in [5.74, 6) is 0.322. The molecule has 0 unspecified atom stereocenters. The molecule has 1 N–H and O–H groups in total. The second-order valence-electron chi connectivity index (χ2n) is 5.83. The van der Waals surface area contributed by atoms with Gasteiger partial charge in [-0.25, -0.2) is 9.66 Å². The Bertz CT molecular complexity index is 970. The maximum Gasteiger partial charge on any atom is 0.281 e. The van der Waals surface area contributed by atoms with Gasteiger partial charge in [-0.2, -0.15) is 0 Å². The summed E-state index contributed by atoms with van der Waals surface area (Å²) in [6, 6.07) is 3.56. The normalized spacial score (nSPS) is 13.9. The van der Waals surface area contributed by atoms with E-state index in [1.807, 2.05) is 18.4 Å². The zero-order valence-corrected chi connectivity index (χ0v) is 14.9. The summed E-state index contributed by atoms with van der Waals surface area (Å²) in [5, 5.41) is 2.54. The maximum absolute atomic E-state index is 13.1. The highest BCUT2D eigenvalue weighted by atomic mass is 32.1. The first-order valence-corrected chi connectivity index (χ1v) is 9.79. The first-order valence-electron chi connectivity index (χ1n) is 8.10. The molecule has 3 aromatic heterocycles. The van der Waals surface area contributed by atoms with E-state index in [9.17, 15) is 9.59 Å². The van der Waals surface area contributed by atoms with Gasteiger partial charge in [0.1, 0.15) is 10.7 Å². The van der Waals surface area contributed by atoms with Crippen molar-refractivity contribution in [2.24, 2.45) is 0 Å². The molecule has 5 nitrogen and oxygen atoms in total. The van der Waals surface area contributed by atoms with Crippen molar-refractivity contribution in [1.82, 2.24) is 9.66 Å². The van der Waals surface area contributed by atoms with Crippen molar-refractivity contribution in [2.45, 2.75) is 39.0 Å². The van der Waals surface area contributed by atoms with Gasteiger partial charge in [0.05, 0.1) is 10.3 Å². The number of thiophene rings is 2. The molecule has 24 heavy (non-hydrogen) atoms. The molecule has 0 atom stereocenters. The van der Waals surface area contributed by atoms with Crippen LogP contribution in [0.2, 0.25) is 0 Å². The molecule has 124 valence electrons. The van der Waals surface area contributed by atoms with E-state index in [2.05, 4.69) is 10.4 Å². The van der Waals surface area contributed by atoms with Crippen molar-refractivity contribution >= 4 is 38.8 Å². The van der Waals surface area contributed by atoms with Gasteiger partial charge < -0.3 is 0 Å². The van der Waals surface area contributed by atoms with Gasteiger partial charge in [0.15, 0.2) is 0 Å². The number of aryl methyl sites for hydroxylation is 3. The van der Waals surface area contributed by atoms with Crippen LogP contribution in [0.15, 0.2) is 22.3 Å². The Kier molecular flexibility index (Phi) is 3.97. The molecule has 0 radical (unpaired) electrons. The molecule has 0 spiro atoms. The Balaban J connectivity index is 1.86. The number of hydrogen-bond donors (Lipinski definition) is 1. The van der Waals surface area contributed by atoms with Crippen molar-refractivity contribution in [2.75, 3.05) is 5.43 Å². The van der Waals surface area contributed by atoms with Crippen LogP contribution in [0.25, 0.3) is 10.2 Å². The van der Waals surface area contributed by atoms with Crippen LogP contribution < -0.4 is 11.0 Å². The van der Waals surface area contributed by atoms with Crippen LogP contribution in [-0.2, 0) is 19.3 Å². The molecule has 0 aromatic carbocycles. The predicted octanol–water partition coefficient (Wildman–Crippen LogP) is 3.34. The summed E-state index contributed by atoms with van der Waals surface area (Å²) in [5.41, 5.74) is 3.73. The standard InChI is InChI=1S/C17H17N3O2S2/c1-2-13-18-16-14(10-6-3-4-7-11(10)24-16)17(22)20(13)19-15(21)12-8-5-9-23-12/h5,8-9H,2-4,6-7H2,1H3,(H,19,21). The number of nitrogens with zero attached hydrogens (tertiary/aromatic N) is 2. The molecule has 1 aliphatic rings. The second kappa shape index (κ2) is 6.14. The minimum absolute atomic E-state index is 0.152. The summed E-state index contributed by atoms with van der Waals surface area (Å²) in [6.07, 6.45) is 4.81. The molecule has 1 amide bonds. The summed E-state index contributed by atoms with van der Waals surface area (Å²) in [7, 11) is 0. The molecule has 0 bridgehead atoms. The molecule has 0 saturated carbocycles. The van der Waals surface area contributed by atoms with Crippen molar-refractivity contribution in [3.8, 4) is 0 Å². The van der Waals surface area contributed by atoms with Gasteiger partial charge in [-0.1, -0.05) is 13.0 Å². The van der Waals surface area contributed by atoms with Crippen molar-refractivity contribution in [1.29, 1.82) is 0 Å². The fraction of sp³-hybridized carbons (Fsp3) is 0.353. The fourth-order valence-corrected chi connectivity index (χ4v) is 5.05. The van der Waals surface area contributed by atoms with Crippen LogP contribution in [0, 0.1) is 0 Å². The summed E-state index contributed by atoms with van der Waals surface area (Å²) in [4.78, 5) is 32.8. The highest BCUT2D eigenvalue weighted by molar-refractivity contribution is 7.18. The number of aromatic nitrogens is 2. The molecular formula is C17H17N3O2S2. The second-order valence-corrected chi connectivity index (χ2v) is 7.86. The Labute approximate surface area is 146 Å². The molecule has 0 fully saturated rings. The lowest BCUT2D eigenvalue weighted by Crippen LogP contribution is -2.36. The topological polar surface area (TPSA) is 64.0 Å². The van der Waals surface area contributed by atoms with Crippen LogP contribution in [0.3, 0.4) is 0 Å². The number of carbonyl (C=O) groups excluding carboxylic acids is 1. The van der Waals surface area contributed by atoms with E-state index in [4.69, 9.17) is 0 Å².